The minimum Gasteiger partial charge on any atom is -0.480 e. The van der Waals surface area contributed by atoms with Crippen LogP contribution in [0.25, 0.3) is 0 Å². The van der Waals surface area contributed by atoms with Crippen molar-refractivity contribution in [2.75, 3.05) is 6.54 Å². The molecule has 0 aromatic heterocycles. The minimum atomic E-state index is -1.21. The number of halogens is 2. The van der Waals surface area contributed by atoms with Crippen LogP contribution in [0.5, 0.6) is 0 Å². The zero-order valence-electron chi connectivity index (χ0n) is 13.2. The number of hydrogen-bond donors (Lipinski definition) is 1. The van der Waals surface area contributed by atoms with Crippen LogP contribution in [0.1, 0.15) is 38.7 Å². The van der Waals surface area contributed by atoms with Gasteiger partial charge in [-0.25, -0.2) is 18.4 Å². The first-order valence-corrected chi connectivity index (χ1v) is 7.27. The number of aliphatic carboxylic acids is 1. The highest BCUT2D eigenvalue weighted by atomic mass is 19.2. The van der Waals surface area contributed by atoms with Gasteiger partial charge in [0.1, 0.15) is 11.6 Å². The van der Waals surface area contributed by atoms with Gasteiger partial charge in [-0.3, -0.25) is 4.90 Å². The molecule has 23 heavy (non-hydrogen) atoms. The number of carboxylic acid groups (broad SMARTS) is 1. The molecule has 1 aromatic carbocycles. The highest BCUT2D eigenvalue weighted by Gasteiger charge is 2.44. The van der Waals surface area contributed by atoms with Crippen LogP contribution in [0.4, 0.5) is 13.6 Å². The van der Waals surface area contributed by atoms with Crippen LogP contribution in [-0.2, 0) is 9.53 Å². The van der Waals surface area contributed by atoms with E-state index in [0.29, 0.717) is 12.0 Å². The average molecular weight is 327 g/mol. The quantitative estimate of drug-likeness (QED) is 0.906. The molecule has 5 nitrogen and oxygen atoms in total. The molecule has 0 bridgehead atoms. The maximum atomic E-state index is 13.4. The van der Waals surface area contributed by atoms with Gasteiger partial charge < -0.3 is 9.84 Å². The van der Waals surface area contributed by atoms with Crippen LogP contribution in [0, 0.1) is 11.6 Å². The summed E-state index contributed by atoms with van der Waals surface area (Å²) in [6.45, 7) is 5.23. The predicted octanol–water partition coefficient (Wildman–Crippen LogP) is 3.14. The molecule has 1 aliphatic rings. The number of amides is 1. The summed E-state index contributed by atoms with van der Waals surface area (Å²) in [7, 11) is 0. The second kappa shape index (κ2) is 6.14. The molecule has 0 spiro atoms. The second-order valence-corrected chi connectivity index (χ2v) is 6.53. The Bertz CT molecular complexity index is 627. The molecule has 0 unspecified atom stereocenters. The lowest BCUT2D eigenvalue weighted by Crippen LogP contribution is -2.45. The summed E-state index contributed by atoms with van der Waals surface area (Å²) in [6, 6.07) is 2.11. The SMILES string of the molecule is CC(C)(C)OC(=O)N1CC[C@@H](c2ccc(F)c(F)c2)[C@@H]1C(=O)O. The topological polar surface area (TPSA) is 66.8 Å². The maximum absolute atomic E-state index is 13.4. The molecule has 126 valence electrons. The fraction of sp³-hybridized carbons (Fsp3) is 0.500. The first-order chi connectivity index (χ1) is 10.6. The molecule has 1 N–H and O–H groups in total. The second-order valence-electron chi connectivity index (χ2n) is 6.53. The minimum absolute atomic E-state index is 0.176. The summed E-state index contributed by atoms with van der Waals surface area (Å²) >= 11 is 0. The lowest BCUT2D eigenvalue weighted by atomic mass is 9.91. The van der Waals surface area contributed by atoms with Crippen molar-refractivity contribution in [3.05, 3.63) is 35.4 Å². The van der Waals surface area contributed by atoms with E-state index in [9.17, 15) is 23.5 Å². The van der Waals surface area contributed by atoms with Crippen LogP contribution < -0.4 is 0 Å². The summed E-state index contributed by atoms with van der Waals surface area (Å²) in [5.74, 6) is -3.86. The molecule has 0 saturated carbocycles. The Morgan fingerprint density at radius 2 is 1.91 bits per heavy atom. The fourth-order valence-corrected chi connectivity index (χ4v) is 2.72. The van der Waals surface area contributed by atoms with E-state index in [1.807, 2.05) is 0 Å². The third-order valence-corrected chi connectivity index (χ3v) is 3.65. The summed E-state index contributed by atoms with van der Waals surface area (Å²) < 4.78 is 31.7. The van der Waals surface area contributed by atoms with Crippen LogP contribution >= 0.6 is 0 Å². The van der Waals surface area contributed by atoms with Crippen molar-refractivity contribution in [3.8, 4) is 0 Å². The highest BCUT2D eigenvalue weighted by Crippen LogP contribution is 2.35. The van der Waals surface area contributed by atoms with E-state index >= 15 is 0 Å². The molecule has 1 amide bonds. The lowest BCUT2D eigenvalue weighted by Gasteiger charge is -2.28. The predicted molar refractivity (Wildman–Crippen MR) is 78.1 cm³/mol. The molecule has 2 rings (SSSR count). The van der Waals surface area contributed by atoms with Crippen molar-refractivity contribution in [3.63, 3.8) is 0 Å². The number of nitrogens with zero attached hydrogens (tertiary/aromatic N) is 1. The van der Waals surface area contributed by atoms with Crippen molar-refractivity contribution in [2.24, 2.45) is 0 Å². The Balaban J connectivity index is 2.27. The fourth-order valence-electron chi connectivity index (χ4n) is 2.72. The van der Waals surface area contributed by atoms with Gasteiger partial charge in [-0.1, -0.05) is 6.07 Å². The van der Waals surface area contributed by atoms with Crippen LogP contribution in [0.15, 0.2) is 18.2 Å². The molecular formula is C16H19F2NO4. The van der Waals surface area contributed by atoms with Gasteiger partial charge in [0.2, 0.25) is 0 Å². The molecule has 2 atom stereocenters. The first-order valence-electron chi connectivity index (χ1n) is 7.27. The van der Waals surface area contributed by atoms with E-state index in [1.54, 1.807) is 20.8 Å². The highest BCUT2D eigenvalue weighted by molar-refractivity contribution is 5.82. The summed E-state index contributed by atoms with van der Waals surface area (Å²) in [4.78, 5) is 24.9. The van der Waals surface area contributed by atoms with Crippen molar-refractivity contribution in [1.82, 2.24) is 4.90 Å². The zero-order chi connectivity index (χ0) is 17.4. The maximum Gasteiger partial charge on any atom is 0.411 e. The van der Waals surface area contributed by atoms with Gasteiger partial charge in [0.25, 0.3) is 0 Å². The number of carboxylic acids is 1. The molecule has 0 aliphatic carbocycles. The Morgan fingerprint density at radius 3 is 2.43 bits per heavy atom. The average Bonchev–Trinajstić information content (AvgIpc) is 2.85. The lowest BCUT2D eigenvalue weighted by molar-refractivity contribution is -0.142. The number of carbonyl (C=O) groups is 2. The van der Waals surface area contributed by atoms with Gasteiger partial charge >= 0.3 is 12.1 Å². The molecule has 7 heteroatoms. The van der Waals surface area contributed by atoms with Crippen molar-refractivity contribution < 1.29 is 28.2 Å². The summed E-state index contributed by atoms with van der Waals surface area (Å²) in [5, 5.41) is 9.47. The number of carbonyl (C=O) groups excluding carboxylic acids is 1. The van der Waals surface area contributed by atoms with E-state index in [1.165, 1.54) is 6.07 Å². The van der Waals surface area contributed by atoms with Gasteiger partial charge in [0, 0.05) is 12.5 Å². The third kappa shape index (κ3) is 3.78. The van der Waals surface area contributed by atoms with E-state index in [0.717, 1.165) is 17.0 Å². The molecule has 1 aromatic rings. The molecule has 1 saturated heterocycles. The number of ether oxygens (including phenoxy) is 1. The smallest absolute Gasteiger partial charge is 0.411 e. The third-order valence-electron chi connectivity index (χ3n) is 3.65. The molecule has 0 radical (unpaired) electrons. The number of rotatable bonds is 2. The van der Waals surface area contributed by atoms with Crippen LogP contribution in [-0.4, -0.2) is 40.3 Å². The Morgan fingerprint density at radius 1 is 1.26 bits per heavy atom. The van der Waals surface area contributed by atoms with Crippen molar-refractivity contribution >= 4 is 12.1 Å². The van der Waals surface area contributed by atoms with Gasteiger partial charge in [-0.2, -0.15) is 0 Å². The Hall–Kier alpha value is -2.18. The standard InChI is InChI=1S/C16H19F2NO4/c1-16(2,3)23-15(22)19-7-6-10(13(19)14(20)21)9-4-5-11(17)12(18)8-9/h4-5,8,10,13H,6-7H2,1-3H3,(H,20,21)/t10-,13+/m0/s1. The van der Waals surface area contributed by atoms with Crippen LogP contribution in [0.2, 0.25) is 0 Å². The van der Waals surface area contributed by atoms with Gasteiger partial charge in [-0.15, -0.1) is 0 Å². The number of likely N-dealkylation sites (tertiary alicyclic amines) is 1. The van der Waals surface area contributed by atoms with E-state index < -0.39 is 41.3 Å². The van der Waals surface area contributed by atoms with Gasteiger partial charge in [-0.05, 0) is 44.9 Å². The van der Waals surface area contributed by atoms with Gasteiger partial charge in [0.15, 0.2) is 11.6 Å². The zero-order valence-corrected chi connectivity index (χ0v) is 13.2. The van der Waals surface area contributed by atoms with E-state index in [-0.39, 0.29) is 6.54 Å². The Kier molecular flexibility index (Phi) is 4.58. The molecule has 1 heterocycles. The Labute approximate surface area is 132 Å². The molecule has 1 fully saturated rings. The largest absolute Gasteiger partial charge is 0.480 e. The molecular weight excluding hydrogens is 308 g/mol. The van der Waals surface area contributed by atoms with Crippen LogP contribution in [0.3, 0.4) is 0 Å². The number of hydrogen-bond acceptors (Lipinski definition) is 3. The first kappa shape index (κ1) is 17.2. The number of benzene rings is 1. The normalized spacial score (nSPS) is 21.3. The van der Waals surface area contributed by atoms with Crippen molar-refractivity contribution in [2.45, 2.75) is 44.8 Å². The van der Waals surface area contributed by atoms with E-state index in [2.05, 4.69) is 0 Å². The monoisotopic (exact) mass is 327 g/mol. The summed E-state index contributed by atoms with van der Waals surface area (Å²) in [5.41, 5.74) is -0.400. The van der Waals surface area contributed by atoms with E-state index in [4.69, 9.17) is 4.74 Å². The van der Waals surface area contributed by atoms with Crippen molar-refractivity contribution in [1.29, 1.82) is 0 Å². The van der Waals surface area contributed by atoms with Gasteiger partial charge in [0.05, 0.1) is 0 Å². The molecule has 1 aliphatic heterocycles. The summed E-state index contributed by atoms with van der Waals surface area (Å²) in [6.07, 6.45) is -0.392.